The highest BCUT2D eigenvalue weighted by atomic mass is 16.6. The van der Waals surface area contributed by atoms with Crippen LogP contribution in [0.25, 0.3) is 0 Å². The van der Waals surface area contributed by atoms with Crippen LogP contribution in [0.1, 0.15) is 12.0 Å². The molecule has 0 bridgehead atoms. The minimum absolute atomic E-state index is 0.104. The Kier molecular flexibility index (Phi) is 6.64. The number of hydrogen-bond donors (Lipinski definition) is 2. The zero-order valence-electron chi connectivity index (χ0n) is 15.4. The molecule has 2 aliphatic rings. The van der Waals surface area contributed by atoms with Gasteiger partial charge in [0.1, 0.15) is 6.61 Å². The van der Waals surface area contributed by atoms with Crippen molar-refractivity contribution in [3.8, 4) is 0 Å². The van der Waals surface area contributed by atoms with Gasteiger partial charge in [-0.3, -0.25) is 14.5 Å². The number of hydrogen-bond acceptors (Lipinski definition) is 5. The van der Waals surface area contributed by atoms with Crippen LogP contribution in [0.15, 0.2) is 30.3 Å². The Labute approximate surface area is 158 Å². The smallest absolute Gasteiger partial charge is 0.409 e. The molecule has 0 spiro atoms. The predicted octanol–water partition coefficient (Wildman–Crippen LogP) is -0.0120. The topological polar surface area (TPSA) is 91.0 Å². The highest BCUT2D eigenvalue weighted by Gasteiger charge is 2.31. The maximum absolute atomic E-state index is 12.3. The summed E-state index contributed by atoms with van der Waals surface area (Å²) >= 11 is 0. The van der Waals surface area contributed by atoms with Crippen molar-refractivity contribution in [2.75, 3.05) is 45.9 Å². The van der Waals surface area contributed by atoms with Crippen LogP contribution in [0.3, 0.4) is 0 Å². The first kappa shape index (κ1) is 19.2. The molecule has 2 fully saturated rings. The minimum Gasteiger partial charge on any atom is -0.448 e. The normalized spacial score (nSPS) is 20.3. The van der Waals surface area contributed by atoms with E-state index < -0.39 is 6.04 Å². The fraction of sp³-hybridized carbons (Fsp3) is 0.526. The quantitative estimate of drug-likeness (QED) is 0.668. The third-order valence-electron chi connectivity index (χ3n) is 4.90. The van der Waals surface area contributed by atoms with Gasteiger partial charge in [0.25, 0.3) is 0 Å². The number of carbonyl (C=O) groups is 3. The van der Waals surface area contributed by atoms with Crippen molar-refractivity contribution in [2.24, 2.45) is 0 Å². The number of ether oxygens (including phenoxy) is 1. The second kappa shape index (κ2) is 9.36. The number of nitrogens with zero attached hydrogens (tertiary/aromatic N) is 2. The molecule has 2 saturated heterocycles. The van der Waals surface area contributed by atoms with E-state index in [1.165, 1.54) is 5.56 Å². The van der Waals surface area contributed by atoms with Gasteiger partial charge in [-0.05, 0) is 12.0 Å². The molecular formula is C19H26N4O4. The number of cyclic esters (lactones) is 1. The molecule has 3 rings (SSSR count). The number of nitrogens with one attached hydrogen (secondary N) is 2. The maximum Gasteiger partial charge on any atom is 0.409 e. The van der Waals surface area contributed by atoms with Crippen LogP contribution in [0.4, 0.5) is 4.79 Å². The molecule has 0 aromatic heterocycles. The van der Waals surface area contributed by atoms with Gasteiger partial charge in [-0.25, -0.2) is 4.79 Å². The van der Waals surface area contributed by atoms with Crippen LogP contribution in [-0.2, 0) is 20.7 Å². The molecule has 0 unspecified atom stereocenters. The summed E-state index contributed by atoms with van der Waals surface area (Å²) in [5, 5.41) is 5.64. The van der Waals surface area contributed by atoms with E-state index in [0.717, 1.165) is 19.5 Å². The molecule has 0 radical (unpaired) electrons. The Morgan fingerprint density at radius 3 is 2.74 bits per heavy atom. The molecule has 1 aromatic carbocycles. The van der Waals surface area contributed by atoms with E-state index in [9.17, 15) is 14.4 Å². The summed E-state index contributed by atoms with van der Waals surface area (Å²) in [4.78, 5) is 39.6. The standard InChI is InChI=1S/C19H26N4O4/c24-17(20-7-11-23-12-13-27-19(23)26)14-16-18(25)21-8-10-22(16)9-6-15-4-2-1-3-5-15/h1-5,16H,6-14H2,(H,20,24)(H,21,25)/t16-/m0/s1. The third kappa shape index (κ3) is 5.43. The number of piperazine rings is 1. The first-order valence-corrected chi connectivity index (χ1v) is 9.37. The van der Waals surface area contributed by atoms with Gasteiger partial charge in [-0.15, -0.1) is 0 Å². The van der Waals surface area contributed by atoms with Crippen LogP contribution in [0.5, 0.6) is 0 Å². The van der Waals surface area contributed by atoms with E-state index in [-0.39, 0.29) is 24.3 Å². The lowest BCUT2D eigenvalue weighted by Gasteiger charge is -2.34. The number of carbonyl (C=O) groups excluding carboxylic acids is 3. The molecule has 8 heteroatoms. The van der Waals surface area contributed by atoms with Gasteiger partial charge in [0, 0.05) is 32.7 Å². The molecule has 2 N–H and O–H groups in total. The molecule has 0 aliphatic carbocycles. The van der Waals surface area contributed by atoms with Crippen LogP contribution in [-0.4, -0.2) is 79.6 Å². The number of benzene rings is 1. The van der Waals surface area contributed by atoms with E-state index in [1.807, 2.05) is 18.2 Å². The van der Waals surface area contributed by atoms with Gasteiger partial charge in [0.05, 0.1) is 19.0 Å². The highest BCUT2D eigenvalue weighted by molar-refractivity contribution is 5.88. The molecule has 0 saturated carbocycles. The lowest BCUT2D eigenvalue weighted by Crippen LogP contribution is -2.57. The van der Waals surface area contributed by atoms with Crippen molar-refractivity contribution >= 4 is 17.9 Å². The summed E-state index contributed by atoms with van der Waals surface area (Å²) in [6.07, 6.45) is 0.608. The summed E-state index contributed by atoms with van der Waals surface area (Å²) in [7, 11) is 0. The van der Waals surface area contributed by atoms with Crippen molar-refractivity contribution in [2.45, 2.75) is 18.9 Å². The Morgan fingerprint density at radius 2 is 2.00 bits per heavy atom. The molecule has 1 aromatic rings. The first-order chi connectivity index (χ1) is 13.1. The Balaban J connectivity index is 1.46. The van der Waals surface area contributed by atoms with Crippen molar-refractivity contribution in [1.82, 2.24) is 20.4 Å². The SMILES string of the molecule is O=C(C[C@H]1C(=O)NCCN1CCc1ccccc1)NCCN1CCOC1=O. The van der Waals surface area contributed by atoms with Crippen LogP contribution >= 0.6 is 0 Å². The number of rotatable bonds is 8. The van der Waals surface area contributed by atoms with E-state index in [1.54, 1.807) is 4.90 Å². The summed E-state index contributed by atoms with van der Waals surface area (Å²) in [5.41, 5.74) is 1.21. The summed E-state index contributed by atoms with van der Waals surface area (Å²) in [5.74, 6) is -0.290. The van der Waals surface area contributed by atoms with Crippen molar-refractivity contribution in [3.05, 3.63) is 35.9 Å². The molecule has 3 amide bonds. The van der Waals surface area contributed by atoms with Crippen molar-refractivity contribution in [1.29, 1.82) is 0 Å². The fourth-order valence-electron chi connectivity index (χ4n) is 3.38. The monoisotopic (exact) mass is 374 g/mol. The highest BCUT2D eigenvalue weighted by Crippen LogP contribution is 2.11. The molecule has 2 heterocycles. The average molecular weight is 374 g/mol. The number of amides is 3. The molecule has 2 aliphatic heterocycles. The summed E-state index contributed by atoms with van der Waals surface area (Å²) in [6, 6.07) is 9.65. The van der Waals surface area contributed by atoms with Gasteiger partial charge >= 0.3 is 6.09 Å². The molecule has 27 heavy (non-hydrogen) atoms. The second-order valence-electron chi connectivity index (χ2n) is 6.73. The fourth-order valence-corrected chi connectivity index (χ4v) is 3.38. The van der Waals surface area contributed by atoms with Gasteiger partial charge in [-0.2, -0.15) is 0 Å². The summed E-state index contributed by atoms with van der Waals surface area (Å²) < 4.78 is 4.85. The van der Waals surface area contributed by atoms with E-state index >= 15 is 0 Å². The third-order valence-corrected chi connectivity index (χ3v) is 4.90. The molecular weight excluding hydrogens is 348 g/mol. The lowest BCUT2D eigenvalue weighted by molar-refractivity contribution is -0.133. The maximum atomic E-state index is 12.3. The van der Waals surface area contributed by atoms with E-state index in [2.05, 4.69) is 27.7 Å². The van der Waals surface area contributed by atoms with Crippen LogP contribution in [0.2, 0.25) is 0 Å². The largest absolute Gasteiger partial charge is 0.448 e. The van der Waals surface area contributed by atoms with Crippen LogP contribution < -0.4 is 10.6 Å². The van der Waals surface area contributed by atoms with Gasteiger partial charge < -0.3 is 20.3 Å². The molecule has 1 atom stereocenters. The minimum atomic E-state index is -0.459. The van der Waals surface area contributed by atoms with E-state index in [0.29, 0.717) is 32.8 Å². The predicted molar refractivity (Wildman–Crippen MR) is 99.1 cm³/mol. The zero-order valence-corrected chi connectivity index (χ0v) is 15.4. The zero-order chi connectivity index (χ0) is 19.1. The second-order valence-corrected chi connectivity index (χ2v) is 6.73. The Bertz CT molecular complexity index is 667. The molecule has 8 nitrogen and oxygen atoms in total. The van der Waals surface area contributed by atoms with Gasteiger partial charge in [0.2, 0.25) is 11.8 Å². The Morgan fingerprint density at radius 1 is 1.19 bits per heavy atom. The van der Waals surface area contributed by atoms with Crippen molar-refractivity contribution < 1.29 is 19.1 Å². The Hall–Kier alpha value is -2.61. The van der Waals surface area contributed by atoms with E-state index in [4.69, 9.17) is 4.74 Å². The lowest BCUT2D eigenvalue weighted by atomic mass is 10.1. The average Bonchev–Trinajstić information content (AvgIpc) is 3.08. The molecule has 146 valence electrons. The van der Waals surface area contributed by atoms with Gasteiger partial charge in [0.15, 0.2) is 0 Å². The van der Waals surface area contributed by atoms with Crippen LogP contribution in [0, 0.1) is 0 Å². The summed E-state index contributed by atoms with van der Waals surface area (Å²) in [6.45, 7) is 3.78. The first-order valence-electron chi connectivity index (χ1n) is 9.37. The van der Waals surface area contributed by atoms with Crippen molar-refractivity contribution in [3.63, 3.8) is 0 Å². The van der Waals surface area contributed by atoms with Gasteiger partial charge in [-0.1, -0.05) is 30.3 Å².